The summed E-state index contributed by atoms with van der Waals surface area (Å²) < 4.78 is 0. The number of hydrogen-bond donors (Lipinski definition) is 4. The molecule has 0 aromatic rings. The largest absolute Gasteiger partial charge is 0.479 e. The molecule has 0 rings (SSSR count). The van der Waals surface area contributed by atoms with Gasteiger partial charge >= 0.3 is 5.97 Å². The number of nitrogens with two attached hydrogens (primary N) is 3. The molecule has 14 heavy (non-hydrogen) atoms. The Balaban J connectivity index is -0.000000266. The van der Waals surface area contributed by atoms with E-state index in [1.807, 2.05) is 0 Å². The van der Waals surface area contributed by atoms with Crippen LogP contribution in [0.4, 0.5) is 0 Å². The molecule has 0 heterocycles. The van der Waals surface area contributed by atoms with Gasteiger partial charge in [-0.05, 0) is 6.42 Å². The maximum Gasteiger partial charge on any atom is 0.340 e. The van der Waals surface area contributed by atoms with Gasteiger partial charge in [0.25, 0.3) is 0 Å². The second-order valence-electron chi connectivity index (χ2n) is 2.25. The van der Waals surface area contributed by atoms with Crippen LogP contribution in [0, 0.1) is 0 Å². The van der Waals surface area contributed by atoms with Gasteiger partial charge in [-0.15, -0.1) is 26.3 Å². The minimum atomic E-state index is -1.80. The number of carboxylic acid groups (broad SMARTS) is 1. The van der Waals surface area contributed by atoms with E-state index in [0.717, 1.165) is 0 Å². The lowest BCUT2D eigenvalue weighted by Crippen LogP contribution is -2.67. The Hall–Kier alpha value is -1.17. The molecule has 7 N–H and O–H groups in total. The summed E-state index contributed by atoms with van der Waals surface area (Å²) in [5, 5.41) is 8.41. The van der Waals surface area contributed by atoms with Gasteiger partial charge in [-0.1, -0.05) is 6.92 Å². The van der Waals surface area contributed by atoms with Gasteiger partial charge < -0.3 is 22.3 Å². The third-order valence-corrected chi connectivity index (χ3v) is 1.42. The van der Waals surface area contributed by atoms with Crippen LogP contribution in [0.3, 0.4) is 0 Å². The summed E-state index contributed by atoms with van der Waals surface area (Å²) in [6.07, 6.45) is 0.444. The third-order valence-electron chi connectivity index (χ3n) is 1.42. The van der Waals surface area contributed by atoms with Crippen LogP contribution < -0.4 is 17.2 Å². The predicted octanol–water partition coefficient (Wildman–Crippen LogP) is 0.0264. The molecule has 0 spiro atoms. The van der Waals surface area contributed by atoms with Gasteiger partial charge in [-0.3, -0.25) is 0 Å². The van der Waals surface area contributed by atoms with Crippen molar-refractivity contribution in [3.05, 3.63) is 26.3 Å². The molecule has 0 aliphatic carbocycles. The number of carboxylic acids is 1. The van der Waals surface area contributed by atoms with Crippen LogP contribution in [-0.4, -0.2) is 22.8 Å². The summed E-state index contributed by atoms with van der Waals surface area (Å²) in [5.41, 5.74) is 13.9. The zero-order chi connectivity index (χ0) is 12.4. The quantitative estimate of drug-likeness (QED) is 0.381. The highest BCUT2D eigenvalue weighted by Gasteiger charge is 2.34. The molecule has 0 aromatic carbocycles. The van der Waals surface area contributed by atoms with Crippen molar-refractivity contribution < 1.29 is 9.90 Å². The summed E-state index contributed by atoms with van der Waals surface area (Å²) in [5.74, 6) is -1.28. The van der Waals surface area contributed by atoms with Crippen molar-refractivity contribution in [3.8, 4) is 0 Å². The van der Waals surface area contributed by atoms with E-state index in [1.54, 1.807) is 6.92 Å². The number of hydrogen-bond acceptors (Lipinski definition) is 4. The smallest absolute Gasteiger partial charge is 0.340 e. The molecule has 1 atom stereocenters. The van der Waals surface area contributed by atoms with Crippen LogP contribution in [0.5, 0.6) is 0 Å². The van der Waals surface area contributed by atoms with Crippen molar-refractivity contribution in [3.63, 3.8) is 0 Å². The van der Waals surface area contributed by atoms with Crippen LogP contribution in [0.1, 0.15) is 13.3 Å². The van der Waals surface area contributed by atoms with Crippen molar-refractivity contribution in [2.75, 3.05) is 0 Å². The SMILES string of the molecule is C=C.C=C.CCC(N)C(N)(N)C(=O)O. The maximum atomic E-state index is 10.3. The van der Waals surface area contributed by atoms with E-state index >= 15 is 0 Å². The Labute approximate surface area is 85.3 Å². The van der Waals surface area contributed by atoms with Crippen LogP contribution in [0.15, 0.2) is 26.3 Å². The molecule has 0 aliphatic rings. The first-order valence-corrected chi connectivity index (χ1v) is 3.99. The van der Waals surface area contributed by atoms with E-state index in [4.69, 9.17) is 22.3 Å². The Morgan fingerprint density at radius 2 is 1.64 bits per heavy atom. The molecule has 0 aliphatic heterocycles. The van der Waals surface area contributed by atoms with Crippen molar-refractivity contribution >= 4 is 5.97 Å². The summed E-state index contributed by atoms with van der Waals surface area (Å²) in [6.45, 7) is 13.7. The first-order chi connectivity index (χ1) is 6.42. The molecule has 0 bridgehead atoms. The van der Waals surface area contributed by atoms with E-state index in [0.29, 0.717) is 6.42 Å². The monoisotopic (exact) mass is 203 g/mol. The molecule has 0 amide bonds. The van der Waals surface area contributed by atoms with E-state index < -0.39 is 17.7 Å². The number of aliphatic carboxylic acids is 1. The average Bonchev–Trinajstić information content (AvgIpc) is 2.22. The molecule has 0 fully saturated rings. The van der Waals surface area contributed by atoms with E-state index in [9.17, 15) is 4.79 Å². The zero-order valence-corrected chi connectivity index (χ0v) is 8.70. The van der Waals surface area contributed by atoms with Gasteiger partial charge in [0.1, 0.15) is 0 Å². The Kier molecular flexibility index (Phi) is 13.2. The Morgan fingerprint density at radius 3 is 1.71 bits per heavy atom. The van der Waals surface area contributed by atoms with E-state index in [1.165, 1.54) is 0 Å². The van der Waals surface area contributed by atoms with Crippen LogP contribution >= 0.6 is 0 Å². The lowest BCUT2D eigenvalue weighted by molar-refractivity contribution is -0.144. The molecule has 0 saturated heterocycles. The molecule has 0 saturated carbocycles. The summed E-state index contributed by atoms with van der Waals surface area (Å²) >= 11 is 0. The van der Waals surface area contributed by atoms with Crippen LogP contribution in [-0.2, 0) is 4.79 Å². The number of rotatable bonds is 3. The standard InChI is InChI=1S/C5H13N3O2.2C2H4/c1-2-3(6)5(7,8)4(9)10;2*1-2/h3H,2,6-8H2,1H3,(H,9,10);2*1-2H2. The molecule has 5 heteroatoms. The average molecular weight is 203 g/mol. The zero-order valence-electron chi connectivity index (χ0n) is 8.70. The normalized spacial score (nSPS) is 11.1. The Morgan fingerprint density at radius 1 is 1.36 bits per heavy atom. The first-order valence-electron chi connectivity index (χ1n) is 3.99. The van der Waals surface area contributed by atoms with E-state index in [-0.39, 0.29) is 0 Å². The lowest BCUT2D eigenvalue weighted by Gasteiger charge is -2.25. The fourth-order valence-electron chi connectivity index (χ4n) is 0.496. The summed E-state index contributed by atoms with van der Waals surface area (Å²) in [4.78, 5) is 10.3. The van der Waals surface area contributed by atoms with Gasteiger partial charge in [-0.2, -0.15) is 0 Å². The molecular formula is C9H21N3O2. The molecule has 1 unspecified atom stereocenters. The van der Waals surface area contributed by atoms with Gasteiger partial charge in [-0.25, -0.2) is 4.79 Å². The molecule has 84 valence electrons. The van der Waals surface area contributed by atoms with Gasteiger partial charge in [0.2, 0.25) is 0 Å². The highest BCUT2D eigenvalue weighted by atomic mass is 16.4. The molecule has 0 radical (unpaired) electrons. The second-order valence-corrected chi connectivity index (χ2v) is 2.25. The van der Waals surface area contributed by atoms with Crippen molar-refractivity contribution in [1.82, 2.24) is 0 Å². The third kappa shape index (κ3) is 6.36. The summed E-state index contributed by atoms with van der Waals surface area (Å²) in [7, 11) is 0. The highest BCUT2D eigenvalue weighted by molar-refractivity contribution is 5.78. The van der Waals surface area contributed by atoms with Crippen LogP contribution in [0.25, 0.3) is 0 Å². The highest BCUT2D eigenvalue weighted by Crippen LogP contribution is 2.00. The maximum absolute atomic E-state index is 10.3. The second kappa shape index (κ2) is 9.91. The minimum absolute atomic E-state index is 0.444. The van der Waals surface area contributed by atoms with Crippen molar-refractivity contribution in [2.45, 2.75) is 25.0 Å². The predicted molar refractivity (Wildman–Crippen MR) is 59.5 cm³/mol. The van der Waals surface area contributed by atoms with Gasteiger partial charge in [0.15, 0.2) is 5.66 Å². The fraction of sp³-hybridized carbons (Fsp3) is 0.444. The molecular weight excluding hydrogens is 182 g/mol. The van der Waals surface area contributed by atoms with Gasteiger partial charge in [0, 0.05) is 6.04 Å². The molecule has 0 aromatic heterocycles. The molecule has 5 nitrogen and oxygen atoms in total. The minimum Gasteiger partial charge on any atom is -0.479 e. The van der Waals surface area contributed by atoms with Crippen molar-refractivity contribution in [2.24, 2.45) is 17.2 Å². The Bertz CT molecular complexity index is 158. The van der Waals surface area contributed by atoms with Crippen molar-refractivity contribution in [1.29, 1.82) is 0 Å². The van der Waals surface area contributed by atoms with Gasteiger partial charge in [0.05, 0.1) is 0 Å². The topological polar surface area (TPSA) is 115 Å². The fourth-order valence-corrected chi connectivity index (χ4v) is 0.496. The number of carbonyl (C=O) groups is 1. The van der Waals surface area contributed by atoms with E-state index in [2.05, 4.69) is 26.3 Å². The summed E-state index contributed by atoms with van der Waals surface area (Å²) in [6, 6.07) is -0.704. The lowest BCUT2D eigenvalue weighted by atomic mass is 10.0. The first kappa shape index (κ1) is 18.6. The van der Waals surface area contributed by atoms with Crippen LogP contribution in [0.2, 0.25) is 0 Å².